The molecule has 0 saturated heterocycles. The van der Waals surface area contributed by atoms with Crippen LogP contribution < -0.4 is 20.3 Å². The van der Waals surface area contributed by atoms with Crippen LogP contribution in [0.3, 0.4) is 0 Å². The van der Waals surface area contributed by atoms with Crippen LogP contribution >= 0.6 is 0 Å². The van der Waals surface area contributed by atoms with Gasteiger partial charge in [-0.05, 0) is 38.1 Å². The number of aryl methyl sites for hydroxylation is 2. The van der Waals surface area contributed by atoms with Crippen molar-refractivity contribution in [2.24, 2.45) is 0 Å². The Morgan fingerprint density at radius 2 is 1.63 bits per heavy atom. The van der Waals surface area contributed by atoms with Crippen molar-refractivity contribution >= 4 is 22.4 Å². The number of pyridine rings is 1. The number of hydrogen-bond donors (Lipinski definition) is 1. The first-order chi connectivity index (χ1) is 13.0. The summed E-state index contributed by atoms with van der Waals surface area (Å²) in [5.74, 6) is 0.613. The van der Waals surface area contributed by atoms with Crippen LogP contribution in [-0.4, -0.2) is 24.7 Å². The Kier molecular flexibility index (Phi) is 5.16. The van der Waals surface area contributed by atoms with E-state index in [4.69, 9.17) is 9.47 Å². The van der Waals surface area contributed by atoms with Gasteiger partial charge in [-0.25, -0.2) is 0 Å². The van der Waals surface area contributed by atoms with Gasteiger partial charge in [-0.15, -0.1) is 0 Å². The number of nitrogens with zero attached hydrogens (tertiary/aromatic N) is 1. The number of carbonyl (C=O) groups is 1. The SMILES string of the molecule is CCn1cc(C(=O)Nc2ccc(C)cc2)c2cc(OC)c(OC)cc2c1=O. The third kappa shape index (κ3) is 3.51. The molecule has 0 unspecified atom stereocenters. The molecule has 0 bridgehead atoms. The van der Waals surface area contributed by atoms with Crippen LogP contribution in [-0.2, 0) is 6.54 Å². The van der Waals surface area contributed by atoms with E-state index < -0.39 is 0 Å². The molecule has 1 aromatic heterocycles. The van der Waals surface area contributed by atoms with E-state index in [1.165, 1.54) is 18.8 Å². The van der Waals surface area contributed by atoms with E-state index in [1.54, 1.807) is 18.3 Å². The Morgan fingerprint density at radius 3 is 2.19 bits per heavy atom. The number of hydrogen-bond acceptors (Lipinski definition) is 4. The molecule has 1 N–H and O–H groups in total. The molecular weight excluding hydrogens is 344 g/mol. The average Bonchev–Trinajstić information content (AvgIpc) is 2.69. The molecule has 0 saturated carbocycles. The topological polar surface area (TPSA) is 69.6 Å². The van der Waals surface area contributed by atoms with E-state index in [1.807, 2.05) is 38.1 Å². The molecule has 3 rings (SSSR count). The molecule has 0 aliphatic carbocycles. The predicted octanol–water partition coefficient (Wildman–Crippen LogP) is 3.60. The van der Waals surface area contributed by atoms with Crippen molar-refractivity contribution in [2.75, 3.05) is 19.5 Å². The van der Waals surface area contributed by atoms with Crippen LogP contribution in [0.5, 0.6) is 11.5 Å². The molecule has 140 valence electrons. The lowest BCUT2D eigenvalue weighted by Gasteiger charge is -2.14. The lowest BCUT2D eigenvalue weighted by molar-refractivity contribution is 0.102. The van der Waals surface area contributed by atoms with Crippen molar-refractivity contribution in [1.82, 2.24) is 4.57 Å². The number of rotatable bonds is 5. The quantitative estimate of drug-likeness (QED) is 0.749. The van der Waals surface area contributed by atoms with E-state index in [0.29, 0.717) is 40.1 Å². The standard InChI is InChI=1S/C21H22N2O4/c1-5-23-12-17(20(24)22-14-8-6-13(2)7-9-14)15-10-18(26-3)19(27-4)11-16(15)21(23)25/h6-12H,5H2,1-4H3,(H,22,24). The van der Waals surface area contributed by atoms with Crippen molar-refractivity contribution < 1.29 is 14.3 Å². The fraction of sp³-hybridized carbons (Fsp3) is 0.238. The first-order valence-electron chi connectivity index (χ1n) is 8.65. The lowest BCUT2D eigenvalue weighted by Crippen LogP contribution is -2.23. The van der Waals surface area contributed by atoms with E-state index in [9.17, 15) is 9.59 Å². The normalized spacial score (nSPS) is 10.7. The molecule has 0 spiro atoms. The number of methoxy groups -OCH3 is 2. The van der Waals surface area contributed by atoms with E-state index in [-0.39, 0.29) is 11.5 Å². The molecule has 27 heavy (non-hydrogen) atoms. The number of amides is 1. The fourth-order valence-corrected chi connectivity index (χ4v) is 2.97. The van der Waals surface area contributed by atoms with Crippen molar-refractivity contribution in [3.8, 4) is 11.5 Å². The fourth-order valence-electron chi connectivity index (χ4n) is 2.97. The van der Waals surface area contributed by atoms with Gasteiger partial charge in [0.1, 0.15) is 0 Å². The summed E-state index contributed by atoms with van der Waals surface area (Å²) in [7, 11) is 3.03. The Bertz CT molecular complexity index is 1050. The van der Waals surface area contributed by atoms with Crippen LogP contribution in [0.25, 0.3) is 10.8 Å². The van der Waals surface area contributed by atoms with Crippen molar-refractivity contribution in [2.45, 2.75) is 20.4 Å². The molecule has 3 aromatic rings. The number of ether oxygens (including phenoxy) is 2. The van der Waals surface area contributed by atoms with Gasteiger partial charge in [-0.2, -0.15) is 0 Å². The van der Waals surface area contributed by atoms with Crippen molar-refractivity contribution in [3.05, 3.63) is 64.1 Å². The first-order valence-corrected chi connectivity index (χ1v) is 8.65. The number of carbonyl (C=O) groups excluding carboxylic acids is 1. The number of aromatic nitrogens is 1. The molecule has 0 atom stereocenters. The maximum atomic E-state index is 12.9. The van der Waals surface area contributed by atoms with E-state index >= 15 is 0 Å². The summed E-state index contributed by atoms with van der Waals surface area (Å²) >= 11 is 0. The minimum atomic E-state index is -0.293. The van der Waals surface area contributed by atoms with Gasteiger partial charge < -0.3 is 19.4 Å². The first kappa shape index (κ1) is 18.5. The summed E-state index contributed by atoms with van der Waals surface area (Å²) in [6.07, 6.45) is 1.58. The Hall–Kier alpha value is -3.28. The molecule has 6 nitrogen and oxygen atoms in total. The van der Waals surface area contributed by atoms with Crippen molar-refractivity contribution in [1.29, 1.82) is 0 Å². The molecule has 1 amide bonds. The summed E-state index contributed by atoms with van der Waals surface area (Å²) in [4.78, 5) is 25.7. The molecule has 6 heteroatoms. The van der Waals surface area contributed by atoms with Gasteiger partial charge in [0.05, 0.1) is 25.2 Å². The molecular formula is C21H22N2O4. The molecule has 1 heterocycles. The van der Waals surface area contributed by atoms with Crippen LogP contribution in [0, 0.1) is 6.92 Å². The van der Waals surface area contributed by atoms with Crippen molar-refractivity contribution in [3.63, 3.8) is 0 Å². The zero-order valence-corrected chi connectivity index (χ0v) is 15.8. The van der Waals surface area contributed by atoms with Gasteiger partial charge in [0.25, 0.3) is 11.5 Å². The zero-order valence-electron chi connectivity index (χ0n) is 15.8. The highest BCUT2D eigenvalue weighted by Crippen LogP contribution is 2.32. The highest BCUT2D eigenvalue weighted by Gasteiger charge is 2.18. The summed E-state index contributed by atoms with van der Waals surface area (Å²) in [6, 6.07) is 10.8. The van der Waals surface area contributed by atoms with Crippen LogP contribution in [0.1, 0.15) is 22.8 Å². The Labute approximate surface area is 157 Å². The van der Waals surface area contributed by atoms with E-state index in [2.05, 4.69) is 5.32 Å². The van der Waals surface area contributed by atoms with Gasteiger partial charge in [0, 0.05) is 23.8 Å². The third-order valence-corrected chi connectivity index (χ3v) is 4.48. The van der Waals surface area contributed by atoms with Gasteiger partial charge in [-0.1, -0.05) is 17.7 Å². The summed E-state index contributed by atoms with van der Waals surface area (Å²) < 4.78 is 12.2. The summed E-state index contributed by atoms with van der Waals surface area (Å²) in [5.41, 5.74) is 2.01. The maximum Gasteiger partial charge on any atom is 0.258 e. The lowest BCUT2D eigenvalue weighted by atomic mass is 10.1. The molecule has 0 aliphatic heterocycles. The van der Waals surface area contributed by atoms with Gasteiger partial charge >= 0.3 is 0 Å². The molecule has 0 fully saturated rings. The highest BCUT2D eigenvalue weighted by molar-refractivity contribution is 6.13. The monoisotopic (exact) mass is 366 g/mol. The third-order valence-electron chi connectivity index (χ3n) is 4.48. The second-order valence-corrected chi connectivity index (χ2v) is 6.21. The Balaban J connectivity index is 2.18. The average molecular weight is 366 g/mol. The minimum Gasteiger partial charge on any atom is -0.493 e. The smallest absolute Gasteiger partial charge is 0.258 e. The molecule has 0 radical (unpaired) electrons. The second-order valence-electron chi connectivity index (χ2n) is 6.21. The van der Waals surface area contributed by atoms with E-state index in [0.717, 1.165) is 5.56 Å². The second kappa shape index (κ2) is 7.53. The largest absolute Gasteiger partial charge is 0.493 e. The van der Waals surface area contributed by atoms with Crippen LogP contribution in [0.4, 0.5) is 5.69 Å². The molecule has 0 aliphatic rings. The summed E-state index contributed by atoms with van der Waals surface area (Å²) in [6.45, 7) is 4.29. The number of anilines is 1. The molecule has 2 aromatic carbocycles. The van der Waals surface area contributed by atoms with Gasteiger partial charge in [-0.3, -0.25) is 9.59 Å². The number of fused-ring (bicyclic) bond motifs is 1. The van der Waals surface area contributed by atoms with Gasteiger partial charge in [0.2, 0.25) is 0 Å². The number of benzene rings is 2. The van der Waals surface area contributed by atoms with Crippen LogP contribution in [0.2, 0.25) is 0 Å². The minimum absolute atomic E-state index is 0.180. The predicted molar refractivity (Wildman–Crippen MR) is 106 cm³/mol. The maximum absolute atomic E-state index is 12.9. The highest BCUT2D eigenvalue weighted by atomic mass is 16.5. The Morgan fingerprint density at radius 1 is 1.04 bits per heavy atom. The summed E-state index contributed by atoms with van der Waals surface area (Å²) in [5, 5.41) is 3.82. The zero-order chi connectivity index (χ0) is 19.6. The number of nitrogens with one attached hydrogen (secondary N) is 1. The van der Waals surface area contributed by atoms with Gasteiger partial charge in [0.15, 0.2) is 11.5 Å². The van der Waals surface area contributed by atoms with Crippen LogP contribution in [0.15, 0.2) is 47.4 Å².